The van der Waals surface area contributed by atoms with Gasteiger partial charge < -0.3 is 14.4 Å². The fourth-order valence-electron chi connectivity index (χ4n) is 1.73. The van der Waals surface area contributed by atoms with Crippen LogP contribution in [0.15, 0.2) is 41.0 Å². The van der Waals surface area contributed by atoms with Crippen LogP contribution in [0.4, 0.5) is 0 Å². The van der Waals surface area contributed by atoms with Crippen molar-refractivity contribution in [2.45, 2.75) is 6.54 Å². The first-order valence-electron chi connectivity index (χ1n) is 5.32. The first-order chi connectivity index (χ1) is 8.61. The molecule has 4 nitrogen and oxygen atoms in total. The third kappa shape index (κ3) is 2.56. The molecular weight excluding hydrogens is 298 g/mol. The van der Waals surface area contributed by atoms with Crippen molar-refractivity contribution in [3.05, 3.63) is 52.3 Å². The van der Waals surface area contributed by atoms with Crippen LogP contribution in [-0.2, 0) is 6.54 Å². The maximum Gasteiger partial charge on any atom is 0.352 e. The van der Waals surface area contributed by atoms with E-state index in [1.165, 1.54) is 0 Å². The summed E-state index contributed by atoms with van der Waals surface area (Å²) in [5, 5.41) is 9.05. The molecule has 2 rings (SSSR count). The number of ether oxygens (including phenoxy) is 1. The number of nitrogens with zero attached hydrogens (tertiary/aromatic N) is 1. The minimum Gasteiger partial charge on any atom is -0.497 e. The molecule has 0 aliphatic heterocycles. The van der Waals surface area contributed by atoms with Crippen LogP contribution in [0.3, 0.4) is 0 Å². The largest absolute Gasteiger partial charge is 0.497 e. The molecule has 0 radical (unpaired) electrons. The lowest BCUT2D eigenvalue weighted by Gasteiger charge is -2.10. The lowest BCUT2D eigenvalue weighted by atomic mass is 10.2. The molecule has 0 atom stereocenters. The number of hydrogen-bond donors (Lipinski definition) is 1. The lowest BCUT2D eigenvalue weighted by molar-refractivity contribution is 0.0685. The van der Waals surface area contributed by atoms with Crippen molar-refractivity contribution in [1.29, 1.82) is 0 Å². The summed E-state index contributed by atoms with van der Waals surface area (Å²) < 4.78 is 7.77. The number of halogens is 1. The van der Waals surface area contributed by atoms with Crippen LogP contribution in [0, 0.1) is 0 Å². The van der Waals surface area contributed by atoms with Gasteiger partial charge in [0.25, 0.3) is 0 Å². The summed E-state index contributed by atoms with van der Waals surface area (Å²) in [5.74, 6) is -0.184. The second kappa shape index (κ2) is 5.27. The standard InChI is InChI=1S/C13H12BrNO3/c1-18-10-4-5-11(14)9(7-10)8-15-6-2-3-12(15)13(16)17/h2-7H,8H2,1H3,(H,16,17). The van der Waals surface area contributed by atoms with E-state index < -0.39 is 5.97 Å². The molecule has 0 bridgehead atoms. The number of carboxylic acid groups (broad SMARTS) is 1. The van der Waals surface area contributed by atoms with Crippen LogP contribution in [0.1, 0.15) is 16.1 Å². The molecule has 0 saturated heterocycles. The maximum atomic E-state index is 11.0. The maximum absolute atomic E-state index is 11.0. The third-order valence-electron chi connectivity index (χ3n) is 2.64. The van der Waals surface area contributed by atoms with Gasteiger partial charge in [0.05, 0.1) is 7.11 Å². The first-order valence-corrected chi connectivity index (χ1v) is 6.12. The van der Waals surface area contributed by atoms with E-state index in [1.54, 1.807) is 30.0 Å². The molecule has 0 saturated carbocycles. The van der Waals surface area contributed by atoms with Crippen LogP contribution >= 0.6 is 15.9 Å². The molecule has 1 heterocycles. The van der Waals surface area contributed by atoms with Crippen molar-refractivity contribution in [2.24, 2.45) is 0 Å². The van der Waals surface area contributed by atoms with Crippen molar-refractivity contribution in [2.75, 3.05) is 7.11 Å². The van der Waals surface area contributed by atoms with Crippen molar-refractivity contribution in [1.82, 2.24) is 4.57 Å². The van der Waals surface area contributed by atoms with Gasteiger partial charge >= 0.3 is 5.97 Å². The van der Waals surface area contributed by atoms with Crippen molar-refractivity contribution < 1.29 is 14.6 Å². The van der Waals surface area contributed by atoms with Crippen molar-refractivity contribution in [3.63, 3.8) is 0 Å². The van der Waals surface area contributed by atoms with Crippen molar-refractivity contribution in [3.8, 4) is 5.75 Å². The van der Waals surface area contributed by atoms with Gasteiger partial charge in [0.1, 0.15) is 11.4 Å². The summed E-state index contributed by atoms with van der Waals surface area (Å²) in [5.41, 5.74) is 1.23. The van der Waals surface area contributed by atoms with Crippen LogP contribution in [0.2, 0.25) is 0 Å². The smallest absolute Gasteiger partial charge is 0.352 e. The van der Waals surface area contributed by atoms with E-state index in [-0.39, 0.29) is 5.69 Å². The number of carbonyl (C=O) groups is 1. The van der Waals surface area contributed by atoms with E-state index in [2.05, 4.69) is 15.9 Å². The lowest BCUT2D eigenvalue weighted by Crippen LogP contribution is -2.08. The molecule has 0 aliphatic rings. The molecule has 0 spiro atoms. The zero-order valence-corrected chi connectivity index (χ0v) is 11.3. The van der Waals surface area contributed by atoms with Gasteiger partial charge in [0, 0.05) is 17.2 Å². The van der Waals surface area contributed by atoms with Crippen LogP contribution in [0.5, 0.6) is 5.75 Å². The van der Waals surface area contributed by atoms with E-state index in [9.17, 15) is 4.79 Å². The molecule has 18 heavy (non-hydrogen) atoms. The zero-order valence-electron chi connectivity index (χ0n) is 9.76. The molecular formula is C13H12BrNO3. The average molecular weight is 310 g/mol. The van der Waals surface area contributed by atoms with Gasteiger partial charge in [-0.3, -0.25) is 0 Å². The number of benzene rings is 1. The van der Waals surface area contributed by atoms with Crippen LogP contribution < -0.4 is 4.74 Å². The van der Waals surface area contributed by atoms with Gasteiger partial charge in [0.15, 0.2) is 0 Å². The van der Waals surface area contributed by atoms with Crippen LogP contribution in [0.25, 0.3) is 0 Å². The Labute approximate surface area is 113 Å². The molecule has 0 amide bonds. The van der Waals surface area contributed by atoms with E-state index in [0.717, 1.165) is 15.8 Å². The normalized spacial score (nSPS) is 10.3. The van der Waals surface area contributed by atoms with Gasteiger partial charge in [-0.05, 0) is 35.9 Å². The number of hydrogen-bond acceptors (Lipinski definition) is 2. The Bertz CT molecular complexity index is 577. The van der Waals surface area contributed by atoms with Gasteiger partial charge in [0.2, 0.25) is 0 Å². The Kier molecular flexibility index (Phi) is 3.72. The molecule has 0 fully saturated rings. The predicted molar refractivity (Wildman–Crippen MR) is 71.2 cm³/mol. The van der Waals surface area contributed by atoms with E-state index in [1.807, 2.05) is 18.2 Å². The second-order valence-electron chi connectivity index (χ2n) is 3.78. The Balaban J connectivity index is 2.33. The summed E-state index contributed by atoms with van der Waals surface area (Å²) in [4.78, 5) is 11.0. The molecule has 94 valence electrons. The quantitative estimate of drug-likeness (QED) is 0.944. The second-order valence-corrected chi connectivity index (χ2v) is 4.64. The molecule has 1 aromatic heterocycles. The van der Waals surface area contributed by atoms with Crippen LogP contribution in [-0.4, -0.2) is 22.8 Å². The molecule has 1 aromatic carbocycles. The molecule has 0 aliphatic carbocycles. The topological polar surface area (TPSA) is 51.5 Å². The van der Waals surface area contributed by atoms with E-state index >= 15 is 0 Å². The minimum atomic E-state index is -0.931. The fourth-order valence-corrected chi connectivity index (χ4v) is 2.10. The fraction of sp³-hybridized carbons (Fsp3) is 0.154. The minimum absolute atomic E-state index is 0.268. The van der Waals surface area contributed by atoms with Gasteiger partial charge in [-0.2, -0.15) is 0 Å². The SMILES string of the molecule is COc1ccc(Br)c(Cn2cccc2C(=O)O)c1. The molecule has 2 aromatic rings. The Morgan fingerprint density at radius 1 is 1.44 bits per heavy atom. The Morgan fingerprint density at radius 2 is 2.22 bits per heavy atom. The molecule has 5 heteroatoms. The highest BCUT2D eigenvalue weighted by Gasteiger charge is 2.10. The summed E-state index contributed by atoms with van der Waals surface area (Å²) >= 11 is 3.45. The summed E-state index contributed by atoms with van der Waals surface area (Å²) in [7, 11) is 1.60. The first kappa shape index (κ1) is 12.7. The van der Waals surface area contributed by atoms with Gasteiger partial charge in [-0.25, -0.2) is 4.79 Å². The van der Waals surface area contributed by atoms with E-state index in [0.29, 0.717) is 6.54 Å². The average Bonchev–Trinajstić information content (AvgIpc) is 2.80. The Morgan fingerprint density at radius 3 is 2.89 bits per heavy atom. The van der Waals surface area contributed by atoms with Crippen molar-refractivity contribution >= 4 is 21.9 Å². The number of carboxylic acids is 1. The highest BCUT2D eigenvalue weighted by atomic mass is 79.9. The number of methoxy groups -OCH3 is 1. The summed E-state index contributed by atoms with van der Waals surface area (Å²) in [6.45, 7) is 0.479. The Hall–Kier alpha value is -1.75. The number of aromatic nitrogens is 1. The highest BCUT2D eigenvalue weighted by molar-refractivity contribution is 9.10. The predicted octanol–water partition coefficient (Wildman–Crippen LogP) is 3.01. The van der Waals surface area contributed by atoms with E-state index in [4.69, 9.17) is 9.84 Å². The van der Waals surface area contributed by atoms with Gasteiger partial charge in [-0.1, -0.05) is 15.9 Å². The highest BCUT2D eigenvalue weighted by Crippen LogP contribution is 2.23. The number of rotatable bonds is 4. The molecule has 1 N–H and O–H groups in total. The molecule has 0 unspecified atom stereocenters. The monoisotopic (exact) mass is 309 g/mol. The summed E-state index contributed by atoms with van der Waals surface area (Å²) in [6.07, 6.45) is 1.75. The zero-order chi connectivity index (χ0) is 13.1. The summed E-state index contributed by atoms with van der Waals surface area (Å²) in [6, 6.07) is 8.92. The third-order valence-corrected chi connectivity index (χ3v) is 3.42. The number of aromatic carboxylic acids is 1. The van der Waals surface area contributed by atoms with Gasteiger partial charge in [-0.15, -0.1) is 0 Å².